The molecular formula is C25H39N7O3. The zero-order chi connectivity index (χ0) is 24.9. The van der Waals surface area contributed by atoms with Crippen LogP contribution in [-0.4, -0.2) is 72.7 Å². The van der Waals surface area contributed by atoms with Gasteiger partial charge in [0.1, 0.15) is 12.4 Å². The van der Waals surface area contributed by atoms with Gasteiger partial charge in [-0.05, 0) is 37.2 Å². The second-order valence-corrected chi connectivity index (χ2v) is 9.38. The maximum absolute atomic E-state index is 13.3. The molecule has 10 heteroatoms. The largest absolute Gasteiger partial charge is 0.361 e. The van der Waals surface area contributed by atoms with E-state index >= 15 is 0 Å². The van der Waals surface area contributed by atoms with E-state index in [1.165, 1.54) is 0 Å². The molecule has 5 N–H and O–H groups in total. The standard InChI is InChI=1S/C25H39N7O3/c26-29-19-31-12-8-11-21(18-31)17-27-23(33)15-22(24(34)32-13-6-1-2-7-14-32)30-25(35)28-16-20-9-4-3-5-10-20/h3-5,9-10,19,21-22H,1-2,6-8,11-18,26H2,(H,27,33)(H2,28,30,35)/t21-,22-/m0/s1. The number of carbonyl (C=O) groups excluding carboxylic acids is 3. The van der Waals surface area contributed by atoms with E-state index < -0.39 is 12.1 Å². The summed E-state index contributed by atoms with van der Waals surface area (Å²) in [6.07, 6.45) is 7.61. The predicted molar refractivity (Wildman–Crippen MR) is 135 cm³/mol. The minimum atomic E-state index is -0.906. The van der Waals surface area contributed by atoms with Crippen molar-refractivity contribution in [2.75, 3.05) is 32.7 Å². The predicted octanol–water partition coefficient (Wildman–Crippen LogP) is 1.38. The van der Waals surface area contributed by atoms with Gasteiger partial charge in [-0.3, -0.25) is 9.59 Å². The fourth-order valence-electron chi connectivity index (χ4n) is 4.68. The number of urea groups is 1. The molecule has 0 radical (unpaired) electrons. The molecule has 0 bridgehead atoms. The number of nitrogens with one attached hydrogen (secondary N) is 3. The Labute approximate surface area is 207 Å². The van der Waals surface area contributed by atoms with Gasteiger partial charge in [-0.25, -0.2) is 4.79 Å². The van der Waals surface area contributed by atoms with E-state index in [4.69, 9.17) is 5.84 Å². The van der Waals surface area contributed by atoms with Crippen LogP contribution < -0.4 is 21.8 Å². The van der Waals surface area contributed by atoms with E-state index in [2.05, 4.69) is 21.1 Å². The van der Waals surface area contributed by atoms with Crippen LogP contribution in [0, 0.1) is 5.92 Å². The lowest BCUT2D eigenvalue weighted by Gasteiger charge is -2.31. The van der Waals surface area contributed by atoms with Crippen molar-refractivity contribution >= 4 is 24.2 Å². The normalized spacial score (nSPS) is 19.6. The van der Waals surface area contributed by atoms with Crippen molar-refractivity contribution in [3.05, 3.63) is 35.9 Å². The number of nitrogens with two attached hydrogens (primary N) is 1. The summed E-state index contributed by atoms with van der Waals surface area (Å²) >= 11 is 0. The fourth-order valence-corrected chi connectivity index (χ4v) is 4.68. The highest BCUT2D eigenvalue weighted by molar-refractivity contribution is 5.91. The van der Waals surface area contributed by atoms with E-state index in [-0.39, 0.29) is 24.2 Å². The van der Waals surface area contributed by atoms with Gasteiger partial charge in [0.05, 0.1) is 6.42 Å². The number of rotatable bonds is 9. The highest BCUT2D eigenvalue weighted by Gasteiger charge is 2.29. The van der Waals surface area contributed by atoms with Gasteiger partial charge in [-0.2, -0.15) is 5.10 Å². The van der Waals surface area contributed by atoms with Crippen molar-refractivity contribution in [1.29, 1.82) is 0 Å². The number of hydrogen-bond donors (Lipinski definition) is 4. The van der Waals surface area contributed by atoms with Crippen molar-refractivity contribution in [3.8, 4) is 0 Å². The van der Waals surface area contributed by atoms with Crippen LogP contribution in [0.3, 0.4) is 0 Å². The van der Waals surface area contributed by atoms with Crippen molar-refractivity contribution in [2.24, 2.45) is 16.9 Å². The van der Waals surface area contributed by atoms with E-state index in [0.29, 0.717) is 26.2 Å². The first-order valence-corrected chi connectivity index (χ1v) is 12.7. The van der Waals surface area contributed by atoms with Gasteiger partial charge >= 0.3 is 6.03 Å². The maximum Gasteiger partial charge on any atom is 0.315 e. The molecule has 0 unspecified atom stereocenters. The van der Waals surface area contributed by atoms with E-state index in [1.807, 2.05) is 35.2 Å². The lowest BCUT2D eigenvalue weighted by molar-refractivity contribution is -0.135. The topological polar surface area (TPSA) is 132 Å². The van der Waals surface area contributed by atoms with Crippen LogP contribution in [0.15, 0.2) is 35.4 Å². The SMILES string of the molecule is NN=CN1CCC[C@@H](CNC(=O)C[C@H](NC(=O)NCc2ccccc2)C(=O)N2CCCCCC2)C1. The fraction of sp³-hybridized carbons (Fsp3) is 0.600. The molecule has 0 aliphatic carbocycles. The van der Waals surface area contributed by atoms with Crippen LogP contribution in [0.5, 0.6) is 0 Å². The Morgan fingerprint density at radius 3 is 2.49 bits per heavy atom. The van der Waals surface area contributed by atoms with Gasteiger partial charge in [0, 0.05) is 39.3 Å². The first-order chi connectivity index (χ1) is 17.0. The average Bonchev–Trinajstić information content (AvgIpc) is 3.16. The Balaban J connectivity index is 1.55. The molecule has 10 nitrogen and oxygen atoms in total. The number of nitrogens with zero attached hydrogens (tertiary/aromatic N) is 3. The van der Waals surface area contributed by atoms with Crippen LogP contribution in [-0.2, 0) is 16.1 Å². The molecule has 1 aromatic carbocycles. The van der Waals surface area contributed by atoms with Gasteiger partial charge in [0.25, 0.3) is 0 Å². The highest BCUT2D eigenvalue weighted by Crippen LogP contribution is 2.15. The molecule has 1 aromatic rings. The summed E-state index contributed by atoms with van der Waals surface area (Å²) in [7, 11) is 0. The van der Waals surface area contributed by atoms with Gasteiger partial charge in [-0.1, -0.05) is 43.2 Å². The summed E-state index contributed by atoms with van der Waals surface area (Å²) in [6.45, 7) is 3.85. The third kappa shape index (κ3) is 9.11. The van der Waals surface area contributed by atoms with Gasteiger partial charge < -0.3 is 31.6 Å². The molecule has 192 valence electrons. The lowest BCUT2D eigenvalue weighted by Crippen LogP contribution is -2.53. The van der Waals surface area contributed by atoms with Gasteiger partial charge in [0.2, 0.25) is 11.8 Å². The Morgan fingerprint density at radius 2 is 1.77 bits per heavy atom. The molecule has 35 heavy (non-hydrogen) atoms. The molecule has 2 atom stereocenters. The zero-order valence-electron chi connectivity index (χ0n) is 20.5. The van der Waals surface area contributed by atoms with Crippen LogP contribution in [0.4, 0.5) is 4.79 Å². The van der Waals surface area contributed by atoms with Crippen LogP contribution in [0.1, 0.15) is 50.5 Å². The third-order valence-electron chi connectivity index (χ3n) is 6.57. The second-order valence-electron chi connectivity index (χ2n) is 9.38. The minimum Gasteiger partial charge on any atom is -0.361 e. The number of benzene rings is 1. The molecule has 0 aromatic heterocycles. The summed E-state index contributed by atoms with van der Waals surface area (Å²) in [4.78, 5) is 42.5. The number of hydrogen-bond acceptors (Lipinski definition) is 5. The second kappa shape index (κ2) is 14.2. The summed E-state index contributed by atoms with van der Waals surface area (Å²) < 4.78 is 0. The summed E-state index contributed by atoms with van der Waals surface area (Å²) in [5.41, 5.74) is 0.956. The third-order valence-corrected chi connectivity index (χ3v) is 6.57. The molecule has 3 rings (SSSR count). The molecule has 2 heterocycles. The lowest BCUT2D eigenvalue weighted by atomic mass is 9.98. The minimum absolute atomic E-state index is 0.0885. The summed E-state index contributed by atoms with van der Waals surface area (Å²) in [5, 5.41) is 12.1. The van der Waals surface area contributed by atoms with E-state index in [0.717, 1.165) is 57.2 Å². The molecule has 0 spiro atoms. The molecule has 2 aliphatic heterocycles. The van der Waals surface area contributed by atoms with Crippen molar-refractivity contribution < 1.29 is 14.4 Å². The Morgan fingerprint density at radius 1 is 1.03 bits per heavy atom. The number of carbonyl (C=O) groups is 3. The Kier molecular flexibility index (Phi) is 10.7. The number of hydrazone groups is 1. The van der Waals surface area contributed by atoms with Crippen LogP contribution >= 0.6 is 0 Å². The molecule has 0 saturated carbocycles. The first-order valence-electron chi connectivity index (χ1n) is 12.7. The van der Waals surface area contributed by atoms with E-state index in [1.54, 1.807) is 11.2 Å². The van der Waals surface area contributed by atoms with Crippen molar-refractivity contribution in [1.82, 2.24) is 25.8 Å². The van der Waals surface area contributed by atoms with E-state index in [9.17, 15) is 14.4 Å². The average molecular weight is 486 g/mol. The molecular weight excluding hydrogens is 446 g/mol. The number of piperidine rings is 1. The van der Waals surface area contributed by atoms with Gasteiger partial charge in [-0.15, -0.1) is 0 Å². The van der Waals surface area contributed by atoms with Gasteiger partial charge in [0.15, 0.2) is 0 Å². The zero-order valence-corrected chi connectivity index (χ0v) is 20.5. The van der Waals surface area contributed by atoms with Crippen molar-refractivity contribution in [3.63, 3.8) is 0 Å². The maximum atomic E-state index is 13.3. The quantitative estimate of drug-likeness (QED) is 0.182. The highest BCUT2D eigenvalue weighted by atomic mass is 16.2. The smallest absolute Gasteiger partial charge is 0.315 e. The molecule has 2 aliphatic rings. The van der Waals surface area contributed by atoms with Crippen LogP contribution in [0.25, 0.3) is 0 Å². The monoisotopic (exact) mass is 485 g/mol. The first kappa shape index (κ1) is 26.3. The van der Waals surface area contributed by atoms with Crippen LogP contribution in [0.2, 0.25) is 0 Å². The number of amides is 4. The molecule has 2 fully saturated rings. The Hall–Kier alpha value is -3.30. The molecule has 4 amide bonds. The summed E-state index contributed by atoms with van der Waals surface area (Å²) in [6, 6.07) is 8.18. The van der Waals surface area contributed by atoms with Crippen molar-refractivity contribution in [2.45, 2.75) is 57.5 Å². The molecule has 2 saturated heterocycles. The summed E-state index contributed by atoms with van der Waals surface area (Å²) in [5.74, 6) is 5.10. The Bertz CT molecular complexity index is 841. The number of likely N-dealkylation sites (tertiary alicyclic amines) is 2.